The van der Waals surface area contributed by atoms with Crippen LogP contribution in [0.3, 0.4) is 0 Å². The standard InChI is InChI=1S/C10H15F2N3O/c1-4-8-14-9(13-3)6(2)10(15-8)16-5-7(11)12/h7H,4-5H2,1-3H3,(H,13,14,15). The third-order valence-electron chi connectivity index (χ3n) is 2.05. The molecular formula is C10H15F2N3O. The summed E-state index contributed by atoms with van der Waals surface area (Å²) in [5.74, 6) is 1.40. The van der Waals surface area contributed by atoms with Crippen LogP contribution in [0.1, 0.15) is 18.3 Å². The molecule has 6 heteroatoms. The number of aromatic nitrogens is 2. The zero-order valence-electron chi connectivity index (χ0n) is 9.55. The van der Waals surface area contributed by atoms with Gasteiger partial charge in [0.2, 0.25) is 5.88 Å². The Hall–Kier alpha value is -1.46. The third kappa shape index (κ3) is 3.01. The van der Waals surface area contributed by atoms with Gasteiger partial charge in [-0.05, 0) is 6.92 Å². The van der Waals surface area contributed by atoms with Crippen molar-refractivity contribution in [1.82, 2.24) is 9.97 Å². The molecule has 90 valence electrons. The maximum atomic E-state index is 12.0. The number of nitrogens with one attached hydrogen (secondary N) is 1. The van der Waals surface area contributed by atoms with Crippen molar-refractivity contribution >= 4 is 5.82 Å². The van der Waals surface area contributed by atoms with Gasteiger partial charge in [-0.3, -0.25) is 0 Å². The second kappa shape index (κ2) is 5.58. The van der Waals surface area contributed by atoms with Crippen molar-refractivity contribution in [2.75, 3.05) is 19.0 Å². The van der Waals surface area contributed by atoms with Gasteiger partial charge in [0.25, 0.3) is 6.43 Å². The minimum absolute atomic E-state index is 0.219. The van der Waals surface area contributed by atoms with Crippen molar-refractivity contribution in [3.8, 4) is 5.88 Å². The van der Waals surface area contributed by atoms with E-state index in [1.54, 1.807) is 14.0 Å². The monoisotopic (exact) mass is 231 g/mol. The quantitative estimate of drug-likeness (QED) is 0.842. The Morgan fingerprint density at radius 3 is 2.56 bits per heavy atom. The molecule has 0 aliphatic rings. The van der Waals surface area contributed by atoms with E-state index in [0.29, 0.717) is 23.6 Å². The highest BCUT2D eigenvalue weighted by Gasteiger charge is 2.12. The average Bonchev–Trinajstić information content (AvgIpc) is 2.27. The van der Waals surface area contributed by atoms with Gasteiger partial charge in [-0.15, -0.1) is 0 Å². The summed E-state index contributed by atoms with van der Waals surface area (Å²) >= 11 is 0. The van der Waals surface area contributed by atoms with Crippen LogP contribution >= 0.6 is 0 Å². The molecule has 1 aromatic heterocycles. The first-order valence-electron chi connectivity index (χ1n) is 5.04. The minimum Gasteiger partial charge on any atom is -0.471 e. The summed E-state index contributed by atoms with van der Waals surface area (Å²) in [4.78, 5) is 8.27. The van der Waals surface area contributed by atoms with E-state index in [1.807, 2.05) is 6.92 Å². The van der Waals surface area contributed by atoms with E-state index >= 15 is 0 Å². The van der Waals surface area contributed by atoms with Crippen molar-refractivity contribution in [1.29, 1.82) is 0 Å². The van der Waals surface area contributed by atoms with Crippen LogP contribution in [0.15, 0.2) is 0 Å². The van der Waals surface area contributed by atoms with E-state index < -0.39 is 13.0 Å². The number of aryl methyl sites for hydroxylation is 1. The number of anilines is 1. The molecule has 1 N–H and O–H groups in total. The van der Waals surface area contributed by atoms with Gasteiger partial charge in [0.1, 0.15) is 11.6 Å². The lowest BCUT2D eigenvalue weighted by atomic mass is 10.3. The van der Waals surface area contributed by atoms with Gasteiger partial charge in [0, 0.05) is 13.5 Å². The Balaban J connectivity index is 2.96. The second-order valence-corrected chi connectivity index (χ2v) is 3.22. The normalized spacial score (nSPS) is 10.6. The van der Waals surface area contributed by atoms with E-state index in [0.717, 1.165) is 0 Å². The molecule has 1 aromatic rings. The second-order valence-electron chi connectivity index (χ2n) is 3.22. The lowest BCUT2D eigenvalue weighted by Gasteiger charge is -2.12. The molecule has 0 bridgehead atoms. The van der Waals surface area contributed by atoms with Crippen LogP contribution in [0.2, 0.25) is 0 Å². The fourth-order valence-corrected chi connectivity index (χ4v) is 1.22. The Kier molecular flexibility index (Phi) is 4.39. The van der Waals surface area contributed by atoms with Gasteiger partial charge < -0.3 is 10.1 Å². The van der Waals surface area contributed by atoms with Crippen LogP contribution in [-0.4, -0.2) is 30.0 Å². The maximum Gasteiger partial charge on any atom is 0.272 e. The van der Waals surface area contributed by atoms with Crippen molar-refractivity contribution < 1.29 is 13.5 Å². The van der Waals surface area contributed by atoms with Crippen LogP contribution in [0.25, 0.3) is 0 Å². The van der Waals surface area contributed by atoms with Gasteiger partial charge in [-0.2, -0.15) is 4.98 Å². The van der Waals surface area contributed by atoms with E-state index in [4.69, 9.17) is 4.74 Å². The molecule has 0 unspecified atom stereocenters. The van der Waals surface area contributed by atoms with Crippen molar-refractivity contribution in [3.05, 3.63) is 11.4 Å². The SMILES string of the molecule is CCc1nc(NC)c(C)c(OCC(F)F)n1. The Morgan fingerprint density at radius 2 is 2.06 bits per heavy atom. The maximum absolute atomic E-state index is 12.0. The number of rotatable bonds is 5. The molecule has 16 heavy (non-hydrogen) atoms. The summed E-state index contributed by atoms with van der Waals surface area (Å²) in [5, 5.41) is 2.88. The largest absolute Gasteiger partial charge is 0.471 e. The average molecular weight is 231 g/mol. The number of hydrogen-bond donors (Lipinski definition) is 1. The Labute approximate surface area is 93.1 Å². The smallest absolute Gasteiger partial charge is 0.272 e. The van der Waals surface area contributed by atoms with Gasteiger partial charge in [0.05, 0.1) is 5.56 Å². The molecule has 4 nitrogen and oxygen atoms in total. The predicted molar refractivity (Wildman–Crippen MR) is 57.2 cm³/mol. The van der Waals surface area contributed by atoms with Gasteiger partial charge in [-0.1, -0.05) is 6.92 Å². The molecular weight excluding hydrogens is 216 g/mol. The van der Waals surface area contributed by atoms with Crippen molar-refractivity contribution in [2.24, 2.45) is 0 Å². The summed E-state index contributed by atoms with van der Waals surface area (Å²) in [6, 6.07) is 0. The predicted octanol–water partition coefficient (Wildman–Crippen LogP) is 2.03. The zero-order chi connectivity index (χ0) is 12.1. The summed E-state index contributed by atoms with van der Waals surface area (Å²) in [6.45, 7) is 2.97. The lowest BCUT2D eigenvalue weighted by Crippen LogP contribution is -2.12. The summed E-state index contributed by atoms with van der Waals surface area (Å²) in [6.07, 6.45) is -1.88. The first-order chi connectivity index (χ1) is 7.58. The topological polar surface area (TPSA) is 47.0 Å². The zero-order valence-corrected chi connectivity index (χ0v) is 9.55. The molecule has 0 fully saturated rings. The molecule has 0 spiro atoms. The summed E-state index contributed by atoms with van der Waals surface area (Å²) in [5.41, 5.74) is 0.639. The van der Waals surface area contributed by atoms with E-state index in [1.165, 1.54) is 0 Å². The number of hydrogen-bond acceptors (Lipinski definition) is 4. The van der Waals surface area contributed by atoms with E-state index in [-0.39, 0.29) is 5.88 Å². The number of halogens is 2. The first kappa shape index (κ1) is 12.6. The van der Waals surface area contributed by atoms with E-state index in [9.17, 15) is 8.78 Å². The van der Waals surface area contributed by atoms with Crippen LogP contribution in [-0.2, 0) is 6.42 Å². The summed E-state index contributed by atoms with van der Waals surface area (Å²) in [7, 11) is 1.71. The van der Waals surface area contributed by atoms with Crippen molar-refractivity contribution in [3.63, 3.8) is 0 Å². The summed E-state index contributed by atoms with van der Waals surface area (Å²) < 4.78 is 29.0. The lowest BCUT2D eigenvalue weighted by molar-refractivity contribution is 0.0790. The third-order valence-corrected chi connectivity index (χ3v) is 2.05. The Bertz CT molecular complexity index is 358. The van der Waals surface area contributed by atoms with Gasteiger partial charge in [0.15, 0.2) is 6.61 Å². The molecule has 0 radical (unpaired) electrons. The first-order valence-corrected chi connectivity index (χ1v) is 5.04. The fraction of sp³-hybridized carbons (Fsp3) is 0.600. The molecule has 1 heterocycles. The minimum atomic E-state index is -2.50. The highest BCUT2D eigenvalue weighted by Crippen LogP contribution is 2.22. The van der Waals surface area contributed by atoms with Crippen molar-refractivity contribution in [2.45, 2.75) is 26.7 Å². The number of nitrogens with zero attached hydrogens (tertiary/aromatic N) is 2. The van der Waals surface area contributed by atoms with Crippen LogP contribution in [0.5, 0.6) is 5.88 Å². The highest BCUT2D eigenvalue weighted by atomic mass is 19.3. The molecule has 0 amide bonds. The number of ether oxygens (including phenoxy) is 1. The van der Waals surface area contributed by atoms with Crippen LogP contribution < -0.4 is 10.1 Å². The van der Waals surface area contributed by atoms with Crippen LogP contribution in [0, 0.1) is 6.92 Å². The molecule has 0 aliphatic carbocycles. The molecule has 0 saturated carbocycles. The molecule has 1 rings (SSSR count). The fourth-order valence-electron chi connectivity index (χ4n) is 1.22. The molecule has 0 aromatic carbocycles. The van der Waals surface area contributed by atoms with Gasteiger partial charge in [-0.25, -0.2) is 13.8 Å². The van der Waals surface area contributed by atoms with Crippen LogP contribution in [0.4, 0.5) is 14.6 Å². The van der Waals surface area contributed by atoms with Gasteiger partial charge >= 0.3 is 0 Å². The van der Waals surface area contributed by atoms with E-state index in [2.05, 4.69) is 15.3 Å². The highest BCUT2D eigenvalue weighted by molar-refractivity contribution is 5.48. The molecule has 0 atom stereocenters. The molecule has 0 aliphatic heterocycles. The number of alkyl halides is 2. The Morgan fingerprint density at radius 1 is 1.38 bits per heavy atom. The molecule has 0 saturated heterocycles.